The van der Waals surface area contributed by atoms with Crippen LogP contribution in [0.3, 0.4) is 0 Å². The molecule has 0 aliphatic heterocycles. The highest BCUT2D eigenvalue weighted by atomic mass is 16.6. The molecule has 13 heavy (non-hydrogen) atoms. The summed E-state index contributed by atoms with van der Waals surface area (Å²) in [4.78, 5) is 14.6. The Morgan fingerprint density at radius 1 is 1.46 bits per heavy atom. The number of carbonyl (C=O) groups is 1. The minimum Gasteiger partial charge on any atom is -0.495 e. The summed E-state index contributed by atoms with van der Waals surface area (Å²) < 4.78 is 9.71. The fourth-order valence-electron chi connectivity index (χ4n) is 0.724. The van der Waals surface area contributed by atoms with Gasteiger partial charge in [-0.15, -0.1) is 0 Å². The molecule has 1 N–H and O–H groups in total. The summed E-state index contributed by atoms with van der Waals surface area (Å²) in [7, 11) is 3.00. The van der Waals surface area contributed by atoms with E-state index in [4.69, 9.17) is 9.47 Å². The maximum Gasteiger partial charge on any atom is 0.412 e. The van der Waals surface area contributed by atoms with E-state index in [0.717, 1.165) is 0 Å². The molecule has 5 heteroatoms. The molecule has 0 saturated heterocycles. The van der Waals surface area contributed by atoms with Gasteiger partial charge >= 0.3 is 6.09 Å². The highest BCUT2D eigenvalue weighted by molar-refractivity contribution is 5.69. The van der Waals surface area contributed by atoms with Crippen molar-refractivity contribution in [2.24, 2.45) is 0 Å². The standard InChI is InChI=1S/C8H10N2O3/c1-9-8(11)13-7-3-6(12-2)4-10-5-7/h3-5H,1-2H3,(H,9,11). The molecule has 0 bridgehead atoms. The van der Waals surface area contributed by atoms with E-state index in [9.17, 15) is 4.79 Å². The molecule has 1 rings (SSSR count). The average molecular weight is 182 g/mol. The lowest BCUT2D eigenvalue weighted by Gasteiger charge is -2.03. The van der Waals surface area contributed by atoms with Crippen LogP contribution in [-0.2, 0) is 0 Å². The summed E-state index contributed by atoms with van der Waals surface area (Å²) in [6.07, 6.45) is 2.42. The van der Waals surface area contributed by atoms with Gasteiger partial charge in [-0.25, -0.2) is 4.79 Å². The Balaban J connectivity index is 2.71. The van der Waals surface area contributed by atoms with Crippen LogP contribution in [0.25, 0.3) is 0 Å². The summed E-state index contributed by atoms with van der Waals surface area (Å²) in [5, 5.41) is 2.32. The van der Waals surface area contributed by atoms with E-state index >= 15 is 0 Å². The van der Waals surface area contributed by atoms with Crippen LogP contribution in [0.4, 0.5) is 4.79 Å². The second kappa shape index (κ2) is 4.30. The van der Waals surface area contributed by atoms with Gasteiger partial charge in [0.25, 0.3) is 0 Å². The number of aromatic nitrogens is 1. The Labute approximate surface area is 75.7 Å². The van der Waals surface area contributed by atoms with Crippen molar-refractivity contribution in [3.63, 3.8) is 0 Å². The van der Waals surface area contributed by atoms with Crippen molar-refractivity contribution in [2.75, 3.05) is 14.2 Å². The lowest BCUT2D eigenvalue weighted by atomic mass is 10.4. The zero-order chi connectivity index (χ0) is 9.68. The van der Waals surface area contributed by atoms with E-state index in [1.807, 2.05) is 0 Å². The van der Waals surface area contributed by atoms with Crippen LogP contribution in [0.5, 0.6) is 11.5 Å². The van der Waals surface area contributed by atoms with Crippen LogP contribution in [0.1, 0.15) is 0 Å². The van der Waals surface area contributed by atoms with Gasteiger partial charge in [0.15, 0.2) is 5.75 Å². The minimum atomic E-state index is -0.532. The van der Waals surface area contributed by atoms with Gasteiger partial charge in [0, 0.05) is 13.1 Å². The molecule has 0 aromatic carbocycles. The summed E-state index contributed by atoms with van der Waals surface area (Å²) in [6.45, 7) is 0. The van der Waals surface area contributed by atoms with Gasteiger partial charge in [-0.05, 0) is 0 Å². The molecule has 0 atom stereocenters. The Bertz CT molecular complexity index is 301. The summed E-state index contributed by atoms with van der Waals surface area (Å²) in [5.74, 6) is 0.889. The maximum atomic E-state index is 10.8. The Morgan fingerprint density at radius 2 is 2.15 bits per heavy atom. The van der Waals surface area contributed by atoms with Crippen molar-refractivity contribution in [1.29, 1.82) is 0 Å². The van der Waals surface area contributed by atoms with Crippen LogP contribution in [0, 0.1) is 0 Å². The lowest BCUT2D eigenvalue weighted by molar-refractivity contribution is 0.202. The number of nitrogens with zero attached hydrogens (tertiary/aromatic N) is 1. The van der Waals surface area contributed by atoms with Gasteiger partial charge in [-0.2, -0.15) is 0 Å². The first-order valence-electron chi connectivity index (χ1n) is 3.65. The third-order valence-corrected chi connectivity index (χ3v) is 1.34. The molecule has 1 aromatic rings. The SMILES string of the molecule is CNC(=O)Oc1cncc(OC)c1. The predicted molar refractivity (Wildman–Crippen MR) is 45.9 cm³/mol. The molecule has 0 saturated carbocycles. The second-order valence-corrected chi connectivity index (χ2v) is 2.20. The third kappa shape index (κ3) is 2.62. The van der Waals surface area contributed by atoms with Crippen molar-refractivity contribution in [3.8, 4) is 11.5 Å². The van der Waals surface area contributed by atoms with Crippen molar-refractivity contribution in [3.05, 3.63) is 18.5 Å². The zero-order valence-corrected chi connectivity index (χ0v) is 7.40. The number of ether oxygens (including phenoxy) is 2. The van der Waals surface area contributed by atoms with E-state index < -0.39 is 6.09 Å². The molecule has 0 radical (unpaired) electrons. The van der Waals surface area contributed by atoms with Crippen LogP contribution < -0.4 is 14.8 Å². The van der Waals surface area contributed by atoms with Crippen molar-refractivity contribution >= 4 is 6.09 Å². The van der Waals surface area contributed by atoms with Gasteiger partial charge < -0.3 is 14.8 Å². The number of methoxy groups -OCH3 is 1. The number of amides is 1. The molecule has 0 unspecified atom stereocenters. The molecule has 1 heterocycles. The molecule has 0 aliphatic carbocycles. The first-order chi connectivity index (χ1) is 6.26. The molecular formula is C8H10N2O3. The summed E-state index contributed by atoms with van der Waals surface area (Å²) in [5.41, 5.74) is 0. The average Bonchev–Trinajstić information content (AvgIpc) is 2.18. The minimum absolute atomic E-state index is 0.346. The molecule has 1 aromatic heterocycles. The highest BCUT2D eigenvalue weighted by Crippen LogP contribution is 2.16. The van der Waals surface area contributed by atoms with E-state index in [0.29, 0.717) is 11.5 Å². The van der Waals surface area contributed by atoms with E-state index in [1.165, 1.54) is 26.6 Å². The normalized spacial score (nSPS) is 9.08. The smallest absolute Gasteiger partial charge is 0.412 e. The van der Waals surface area contributed by atoms with Crippen LogP contribution >= 0.6 is 0 Å². The van der Waals surface area contributed by atoms with Gasteiger partial charge in [0.05, 0.1) is 19.5 Å². The van der Waals surface area contributed by atoms with E-state index in [-0.39, 0.29) is 0 Å². The number of rotatable bonds is 2. The fraction of sp³-hybridized carbons (Fsp3) is 0.250. The quantitative estimate of drug-likeness (QED) is 0.735. The molecule has 0 fully saturated rings. The zero-order valence-electron chi connectivity index (χ0n) is 7.40. The van der Waals surface area contributed by atoms with Crippen molar-refractivity contribution in [1.82, 2.24) is 10.3 Å². The second-order valence-electron chi connectivity index (χ2n) is 2.20. The first kappa shape index (κ1) is 9.31. The van der Waals surface area contributed by atoms with Crippen LogP contribution in [0.15, 0.2) is 18.5 Å². The largest absolute Gasteiger partial charge is 0.495 e. The van der Waals surface area contributed by atoms with Crippen molar-refractivity contribution in [2.45, 2.75) is 0 Å². The maximum absolute atomic E-state index is 10.8. The third-order valence-electron chi connectivity index (χ3n) is 1.34. The Hall–Kier alpha value is -1.78. The lowest BCUT2D eigenvalue weighted by Crippen LogP contribution is -2.22. The molecule has 5 nitrogen and oxygen atoms in total. The number of hydrogen-bond donors (Lipinski definition) is 1. The number of nitrogens with one attached hydrogen (secondary N) is 1. The van der Waals surface area contributed by atoms with Crippen molar-refractivity contribution < 1.29 is 14.3 Å². The van der Waals surface area contributed by atoms with Crippen LogP contribution in [-0.4, -0.2) is 25.2 Å². The monoisotopic (exact) mass is 182 g/mol. The highest BCUT2D eigenvalue weighted by Gasteiger charge is 2.02. The van der Waals surface area contributed by atoms with Crippen LogP contribution in [0.2, 0.25) is 0 Å². The molecule has 0 aliphatic rings. The van der Waals surface area contributed by atoms with Gasteiger partial charge in [0.2, 0.25) is 0 Å². The predicted octanol–water partition coefficient (Wildman–Crippen LogP) is 0.808. The molecular weight excluding hydrogens is 172 g/mol. The molecule has 70 valence electrons. The summed E-state index contributed by atoms with van der Waals surface area (Å²) >= 11 is 0. The van der Waals surface area contributed by atoms with Gasteiger partial charge in [-0.1, -0.05) is 0 Å². The molecule has 0 spiro atoms. The summed E-state index contributed by atoms with van der Waals surface area (Å²) in [6, 6.07) is 1.57. The Kier molecular flexibility index (Phi) is 3.08. The number of pyridine rings is 1. The molecule has 1 amide bonds. The fourth-order valence-corrected chi connectivity index (χ4v) is 0.724. The van der Waals surface area contributed by atoms with Gasteiger partial charge in [0.1, 0.15) is 5.75 Å². The first-order valence-corrected chi connectivity index (χ1v) is 3.65. The van der Waals surface area contributed by atoms with Gasteiger partial charge in [-0.3, -0.25) is 4.98 Å². The number of carbonyl (C=O) groups excluding carboxylic acids is 1. The van der Waals surface area contributed by atoms with E-state index in [1.54, 1.807) is 6.07 Å². The Morgan fingerprint density at radius 3 is 2.77 bits per heavy atom. The topological polar surface area (TPSA) is 60.5 Å². The number of hydrogen-bond acceptors (Lipinski definition) is 4. The van der Waals surface area contributed by atoms with E-state index in [2.05, 4.69) is 10.3 Å².